The summed E-state index contributed by atoms with van der Waals surface area (Å²) in [5.41, 5.74) is 6.01. The van der Waals surface area contributed by atoms with Crippen LogP contribution in [-0.2, 0) is 33.3 Å². The molecule has 2 saturated heterocycles. The van der Waals surface area contributed by atoms with Gasteiger partial charge in [0.1, 0.15) is 24.2 Å². The SMILES string of the molecule is C[C@@H]1[C@H](O)[C@@H](C)C=CC=CC=CC=CC=CC=CC=C[C@H](O[C@@H]2O[C@H](C)[C@@H](O)[C@H](N)[C@@H]2O)C[C@@H]2O[C@](O)(C[C@@H](O)C[C@@H](O)[C@H](O)C(=O)C[C@@H](O)C[C@@H](O)CC(=O)O[C@H]1C)C[C@H](O)[C@H]2C(=O)O. The molecule has 0 unspecified atom stereocenters. The number of Topliss-reactive ketones (excluding diaryl/α,β-unsaturated/α-hetero) is 1. The fourth-order valence-corrected chi connectivity index (χ4v) is 7.92. The molecule has 0 saturated carbocycles. The maximum Gasteiger partial charge on any atom is 0.311 e. The fraction of sp³-hybridized carbons (Fsp3) is 0.638. The molecule has 66 heavy (non-hydrogen) atoms. The van der Waals surface area contributed by atoms with Crippen LogP contribution in [-0.4, -0.2) is 171 Å². The standard InChI is InChI=1S/C47H71NO18/c1-26-17-15-13-11-9-7-5-6-8-10-12-14-16-18-33(65-46-44(59)40(48)42(57)29(4)64-46)23-37-39(45(60)61)36(54)25-47(62,66-37)24-32(51)21-35(53)43(58)34(52)20-30(49)19-31(50)22-38(55)63-28(3)27(2)41(26)56/h5-18,26-33,35-37,39-44,46,49-51,53-54,56-59,62H,19-25,48H2,1-4H3,(H,60,61)/t26-,27-,28-,29+,30-,31+,32-,33-,35+,36-,37-,39+,40-,41+,42+,43+,44-,46-,47+/m0/s1. The summed E-state index contributed by atoms with van der Waals surface area (Å²) in [5.74, 6) is -8.25. The summed E-state index contributed by atoms with van der Waals surface area (Å²) in [7, 11) is 0. The van der Waals surface area contributed by atoms with Crippen molar-refractivity contribution in [3.63, 3.8) is 0 Å². The summed E-state index contributed by atoms with van der Waals surface area (Å²) in [6, 6.07) is -1.17. The van der Waals surface area contributed by atoms with Crippen LogP contribution < -0.4 is 5.73 Å². The average Bonchev–Trinajstić information content (AvgIpc) is 3.22. The average molecular weight is 938 g/mol. The maximum absolute atomic E-state index is 12.8. The molecule has 19 atom stereocenters. The van der Waals surface area contributed by atoms with Crippen LogP contribution in [0.2, 0.25) is 0 Å². The maximum atomic E-state index is 12.8. The summed E-state index contributed by atoms with van der Waals surface area (Å²) in [6.07, 6.45) is -0.206. The number of fused-ring (bicyclic) bond motifs is 2. The highest BCUT2D eigenvalue weighted by atomic mass is 16.7. The number of nitrogens with two attached hydrogens (primary N) is 1. The second-order valence-corrected chi connectivity index (χ2v) is 17.5. The van der Waals surface area contributed by atoms with Crippen molar-refractivity contribution in [1.82, 2.24) is 0 Å². The number of esters is 1. The van der Waals surface area contributed by atoms with E-state index in [1.165, 1.54) is 13.0 Å². The van der Waals surface area contributed by atoms with Crippen molar-refractivity contribution in [2.24, 2.45) is 23.5 Å². The minimum Gasteiger partial charge on any atom is -0.481 e. The highest BCUT2D eigenvalue weighted by Gasteiger charge is 2.51. The minimum atomic E-state index is -2.42. The van der Waals surface area contributed by atoms with Crippen LogP contribution in [0.15, 0.2) is 85.1 Å². The minimum absolute atomic E-state index is 0.317. The van der Waals surface area contributed by atoms with E-state index in [-0.39, 0.29) is 12.3 Å². The molecule has 0 amide bonds. The summed E-state index contributed by atoms with van der Waals surface area (Å²) >= 11 is 0. The number of allylic oxidation sites excluding steroid dienone is 12. The van der Waals surface area contributed by atoms with Gasteiger partial charge in [0.05, 0.1) is 73.5 Å². The molecule has 3 heterocycles. The summed E-state index contributed by atoms with van der Waals surface area (Å²) in [5, 5.41) is 118. The number of rotatable bonds is 3. The molecule has 0 aliphatic carbocycles. The van der Waals surface area contributed by atoms with Crippen molar-refractivity contribution < 1.29 is 89.5 Å². The number of carbonyl (C=O) groups excluding carboxylic acids is 2. The molecular formula is C47H71NO18. The first kappa shape index (κ1) is 56.6. The topological polar surface area (TPSA) is 337 Å². The number of aliphatic hydroxyl groups is 10. The third-order valence-corrected chi connectivity index (χ3v) is 11.9. The number of aliphatic hydroxyl groups excluding tert-OH is 9. The lowest BCUT2D eigenvalue weighted by Crippen LogP contribution is -2.61. The Labute approximate surface area is 385 Å². The molecule has 19 nitrogen and oxygen atoms in total. The van der Waals surface area contributed by atoms with E-state index >= 15 is 0 Å². The zero-order valence-corrected chi connectivity index (χ0v) is 37.8. The first-order valence-corrected chi connectivity index (χ1v) is 22.3. The Bertz CT molecular complexity index is 1750. The van der Waals surface area contributed by atoms with Gasteiger partial charge in [-0.05, 0) is 13.8 Å². The predicted molar refractivity (Wildman–Crippen MR) is 237 cm³/mol. The van der Waals surface area contributed by atoms with Crippen molar-refractivity contribution in [2.45, 2.75) is 170 Å². The van der Waals surface area contributed by atoms with Crippen LogP contribution in [0.25, 0.3) is 0 Å². The van der Waals surface area contributed by atoms with E-state index in [0.717, 1.165) is 0 Å². The zero-order valence-electron chi connectivity index (χ0n) is 37.8. The number of carbonyl (C=O) groups is 3. The van der Waals surface area contributed by atoms with Crippen LogP contribution in [0.1, 0.15) is 72.6 Å². The first-order valence-electron chi connectivity index (χ1n) is 22.3. The van der Waals surface area contributed by atoms with Crippen LogP contribution >= 0.6 is 0 Å². The highest BCUT2D eigenvalue weighted by molar-refractivity contribution is 5.83. The van der Waals surface area contributed by atoms with Crippen molar-refractivity contribution in [2.75, 3.05) is 0 Å². The van der Waals surface area contributed by atoms with E-state index in [4.69, 9.17) is 24.7 Å². The van der Waals surface area contributed by atoms with Gasteiger partial charge in [-0.2, -0.15) is 0 Å². The van der Waals surface area contributed by atoms with Crippen molar-refractivity contribution in [3.8, 4) is 0 Å². The fourth-order valence-electron chi connectivity index (χ4n) is 7.92. The van der Waals surface area contributed by atoms with E-state index < -0.39 is 166 Å². The molecule has 2 fully saturated rings. The molecule has 3 aliphatic rings. The third-order valence-electron chi connectivity index (χ3n) is 11.9. The summed E-state index contributed by atoms with van der Waals surface area (Å²) < 4.78 is 23.0. The van der Waals surface area contributed by atoms with Gasteiger partial charge in [0.15, 0.2) is 17.9 Å². The Morgan fingerprint density at radius 3 is 1.79 bits per heavy atom. The van der Waals surface area contributed by atoms with Gasteiger partial charge in [0.25, 0.3) is 0 Å². The molecule has 3 aliphatic heterocycles. The molecule has 0 aromatic rings. The van der Waals surface area contributed by atoms with E-state index in [0.29, 0.717) is 0 Å². The molecular weight excluding hydrogens is 867 g/mol. The Morgan fingerprint density at radius 1 is 0.667 bits per heavy atom. The van der Waals surface area contributed by atoms with E-state index in [1.807, 2.05) is 0 Å². The second-order valence-electron chi connectivity index (χ2n) is 17.5. The number of aliphatic carboxylic acids is 1. The number of carboxylic acid groups (broad SMARTS) is 1. The highest BCUT2D eigenvalue weighted by Crippen LogP contribution is 2.38. The quantitative estimate of drug-likeness (QED) is 0.164. The summed E-state index contributed by atoms with van der Waals surface area (Å²) in [6.45, 7) is 6.62. The second kappa shape index (κ2) is 27.3. The zero-order chi connectivity index (χ0) is 49.3. The third kappa shape index (κ3) is 18.0. The lowest BCUT2D eigenvalue weighted by Gasteiger charge is -2.45. The van der Waals surface area contributed by atoms with Gasteiger partial charge in [-0.3, -0.25) is 14.4 Å². The van der Waals surface area contributed by atoms with Crippen LogP contribution in [0.4, 0.5) is 0 Å². The number of cyclic esters (lactones) is 1. The number of hydrogen-bond acceptors (Lipinski definition) is 18. The molecule has 13 N–H and O–H groups in total. The molecule has 3 rings (SSSR count). The van der Waals surface area contributed by atoms with Gasteiger partial charge in [-0.15, -0.1) is 0 Å². The lowest BCUT2D eigenvalue weighted by atomic mass is 9.82. The Hall–Kier alpha value is -3.77. The Morgan fingerprint density at radius 2 is 1.21 bits per heavy atom. The first-order chi connectivity index (χ1) is 31.0. The van der Waals surface area contributed by atoms with Gasteiger partial charge >= 0.3 is 11.9 Å². The molecule has 0 aromatic heterocycles. The van der Waals surface area contributed by atoms with Gasteiger partial charge < -0.3 is 80.9 Å². The molecule has 0 radical (unpaired) electrons. The molecule has 372 valence electrons. The molecule has 2 bridgehead atoms. The van der Waals surface area contributed by atoms with Crippen molar-refractivity contribution >= 4 is 17.7 Å². The number of ketones is 1. The van der Waals surface area contributed by atoms with Gasteiger partial charge in [0, 0.05) is 50.4 Å². The number of ether oxygens (including phenoxy) is 4. The molecule has 0 spiro atoms. The number of carboxylic acids is 1. The monoisotopic (exact) mass is 937 g/mol. The van der Waals surface area contributed by atoms with E-state index in [9.17, 15) is 70.6 Å². The molecule has 0 aromatic carbocycles. The largest absolute Gasteiger partial charge is 0.481 e. The normalized spacial score (nSPS) is 41.6. The number of hydrogen-bond donors (Lipinski definition) is 12. The van der Waals surface area contributed by atoms with E-state index in [2.05, 4.69) is 0 Å². The van der Waals surface area contributed by atoms with Crippen molar-refractivity contribution in [1.29, 1.82) is 0 Å². The molecule has 19 heteroatoms. The van der Waals surface area contributed by atoms with Crippen molar-refractivity contribution in [3.05, 3.63) is 85.1 Å². The van der Waals surface area contributed by atoms with Crippen LogP contribution in [0.3, 0.4) is 0 Å². The smallest absolute Gasteiger partial charge is 0.311 e. The van der Waals surface area contributed by atoms with E-state index in [1.54, 1.807) is 99.8 Å². The lowest BCUT2D eigenvalue weighted by molar-refractivity contribution is -0.308. The Kier molecular flexibility index (Phi) is 23.4. The summed E-state index contributed by atoms with van der Waals surface area (Å²) in [4.78, 5) is 37.9. The predicted octanol–water partition coefficient (Wildman–Crippen LogP) is -0.109. The van der Waals surface area contributed by atoms with Gasteiger partial charge in [-0.25, -0.2) is 0 Å². The Balaban J connectivity index is 1.89. The van der Waals surface area contributed by atoms with Gasteiger partial charge in [-0.1, -0.05) is 98.9 Å². The van der Waals surface area contributed by atoms with Crippen LogP contribution in [0.5, 0.6) is 0 Å². The van der Waals surface area contributed by atoms with Crippen LogP contribution in [0, 0.1) is 17.8 Å². The van der Waals surface area contributed by atoms with Gasteiger partial charge in [0.2, 0.25) is 0 Å².